The number of ether oxygens (including phenoxy) is 2. The number of aromatic nitrogens is 1. The maximum atomic E-state index is 12.8. The fourth-order valence-electron chi connectivity index (χ4n) is 5.03. The van der Waals surface area contributed by atoms with Crippen LogP contribution in [0.3, 0.4) is 0 Å². The Morgan fingerprint density at radius 3 is 2.77 bits per heavy atom. The number of hydrogen-bond donors (Lipinski definition) is 0. The highest BCUT2D eigenvalue weighted by molar-refractivity contribution is 5.82. The highest BCUT2D eigenvalue weighted by atomic mass is 16.5. The second kappa shape index (κ2) is 6.91. The summed E-state index contributed by atoms with van der Waals surface area (Å²) in [5.41, 5.74) is 1.30. The van der Waals surface area contributed by atoms with E-state index in [1.807, 2.05) is 12.4 Å². The first-order valence-electron chi connectivity index (χ1n) is 9.89. The van der Waals surface area contributed by atoms with E-state index in [9.17, 15) is 4.79 Å². The Morgan fingerprint density at radius 1 is 1.15 bits per heavy atom. The monoisotopic (exact) mass is 357 g/mol. The van der Waals surface area contributed by atoms with Crippen LogP contribution in [0, 0.1) is 23.7 Å². The van der Waals surface area contributed by atoms with Crippen LogP contribution >= 0.6 is 0 Å². The van der Waals surface area contributed by atoms with Crippen LogP contribution in [0.4, 0.5) is 0 Å². The molecule has 4 heterocycles. The van der Waals surface area contributed by atoms with Crippen molar-refractivity contribution in [2.24, 2.45) is 23.7 Å². The van der Waals surface area contributed by atoms with Crippen LogP contribution in [0.15, 0.2) is 24.5 Å². The molecule has 6 heteroatoms. The summed E-state index contributed by atoms with van der Waals surface area (Å²) in [6.07, 6.45) is 4.94. The standard InChI is InChI=1S/C20H27N3O3/c24-20(19-16-12-25-13-17(16)19)23-6-3-15-10-22(7-8-26-18(15)11-23)9-14-1-4-21-5-2-14/h1-2,4-5,15-19H,3,6-13H2/t15-,16-,17+,18-,19?/m1/s1. The maximum absolute atomic E-state index is 12.8. The number of nitrogens with zero attached hydrogens (tertiary/aromatic N) is 3. The van der Waals surface area contributed by atoms with Crippen LogP contribution in [0.25, 0.3) is 0 Å². The molecule has 1 aliphatic carbocycles. The van der Waals surface area contributed by atoms with Gasteiger partial charge in [-0.3, -0.25) is 14.7 Å². The maximum Gasteiger partial charge on any atom is 0.226 e. The fourth-order valence-corrected chi connectivity index (χ4v) is 5.03. The summed E-state index contributed by atoms with van der Waals surface area (Å²) in [4.78, 5) is 21.5. The van der Waals surface area contributed by atoms with Gasteiger partial charge >= 0.3 is 0 Å². The molecule has 5 rings (SSSR count). The smallest absolute Gasteiger partial charge is 0.226 e. The van der Waals surface area contributed by atoms with Crippen molar-refractivity contribution in [1.82, 2.24) is 14.8 Å². The average molecular weight is 357 g/mol. The number of carbonyl (C=O) groups excluding carboxylic acids is 1. The number of likely N-dealkylation sites (tertiary alicyclic amines) is 1. The number of carbonyl (C=O) groups is 1. The quantitative estimate of drug-likeness (QED) is 0.809. The van der Waals surface area contributed by atoms with Gasteiger partial charge in [0.15, 0.2) is 0 Å². The van der Waals surface area contributed by atoms with E-state index in [0.717, 1.165) is 59.0 Å². The molecule has 3 aliphatic heterocycles. The zero-order valence-electron chi connectivity index (χ0n) is 15.1. The van der Waals surface area contributed by atoms with Gasteiger partial charge in [0.05, 0.1) is 25.9 Å². The lowest BCUT2D eigenvalue weighted by molar-refractivity contribution is -0.139. The van der Waals surface area contributed by atoms with Crippen LogP contribution in [0.2, 0.25) is 0 Å². The van der Waals surface area contributed by atoms with Gasteiger partial charge in [-0.25, -0.2) is 0 Å². The van der Waals surface area contributed by atoms with E-state index in [2.05, 4.69) is 26.9 Å². The summed E-state index contributed by atoms with van der Waals surface area (Å²) in [5, 5.41) is 0. The van der Waals surface area contributed by atoms with Crippen molar-refractivity contribution >= 4 is 5.91 Å². The topological polar surface area (TPSA) is 54.9 Å². The Morgan fingerprint density at radius 2 is 1.96 bits per heavy atom. The summed E-state index contributed by atoms with van der Waals surface area (Å²) in [6, 6.07) is 4.17. The Hall–Kier alpha value is -1.50. The molecule has 0 N–H and O–H groups in total. The summed E-state index contributed by atoms with van der Waals surface area (Å²) >= 11 is 0. The van der Waals surface area contributed by atoms with E-state index in [4.69, 9.17) is 9.47 Å². The number of fused-ring (bicyclic) bond motifs is 2. The molecule has 6 nitrogen and oxygen atoms in total. The number of hydrogen-bond acceptors (Lipinski definition) is 5. The highest BCUT2D eigenvalue weighted by Crippen LogP contribution is 2.51. The second-order valence-electron chi connectivity index (χ2n) is 8.22. The zero-order valence-corrected chi connectivity index (χ0v) is 15.1. The van der Waals surface area contributed by atoms with E-state index in [1.54, 1.807) is 0 Å². The van der Waals surface area contributed by atoms with Gasteiger partial charge in [0, 0.05) is 57.0 Å². The van der Waals surface area contributed by atoms with Crippen molar-refractivity contribution in [2.75, 3.05) is 46.0 Å². The number of rotatable bonds is 3. The predicted octanol–water partition coefficient (Wildman–Crippen LogP) is 1.02. The summed E-state index contributed by atoms with van der Waals surface area (Å²) < 4.78 is 11.6. The molecule has 26 heavy (non-hydrogen) atoms. The number of piperidine rings is 1. The normalized spacial score (nSPS) is 36.9. The van der Waals surface area contributed by atoms with Gasteiger partial charge in [-0.05, 0) is 36.0 Å². The molecule has 5 atom stereocenters. The molecular weight excluding hydrogens is 330 g/mol. The van der Waals surface area contributed by atoms with E-state index in [0.29, 0.717) is 23.7 Å². The minimum Gasteiger partial charge on any atom is -0.381 e. The minimum absolute atomic E-state index is 0.185. The lowest BCUT2D eigenvalue weighted by atomic mass is 9.92. The van der Waals surface area contributed by atoms with Crippen LogP contribution in [0.1, 0.15) is 12.0 Å². The van der Waals surface area contributed by atoms with Gasteiger partial charge < -0.3 is 14.4 Å². The number of amides is 1. The van der Waals surface area contributed by atoms with Crippen molar-refractivity contribution in [3.8, 4) is 0 Å². The zero-order chi connectivity index (χ0) is 17.5. The Kier molecular flexibility index (Phi) is 4.43. The fraction of sp³-hybridized carbons (Fsp3) is 0.700. The number of pyridine rings is 1. The van der Waals surface area contributed by atoms with E-state index < -0.39 is 0 Å². The Balaban J connectivity index is 1.18. The van der Waals surface area contributed by atoms with Crippen LogP contribution in [-0.4, -0.2) is 72.8 Å². The third-order valence-electron chi connectivity index (χ3n) is 6.63. The molecule has 1 aromatic heterocycles. The van der Waals surface area contributed by atoms with Crippen molar-refractivity contribution < 1.29 is 14.3 Å². The van der Waals surface area contributed by atoms with Crippen molar-refractivity contribution in [3.05, 3.63) is 30.1 Å². The van der Waals surface area contributed by atoms with Gasteiger partial charge in [0.25, 0.3) is 0 Å². The first-order chi connectivity index (χ1) is 12.8. The van der Waals surface area contributed by atoms with Crippen LogP contribution in [0.5, 0.6) is 0 Å². The summed E-state index contributed by atoms with van der Waals surface area (Å²) in [7, 11) is 0. The highest BCUT2D eigenvalue weighted by Gasteiger charge is 2.59. The molecule has 4 aliphatic rings. The Labute approximate surface area is 154 Å². The lowest BCUT2D eigenvalue weighted by Crippen LogP contribution is -2.49. The summed E-state index contributed by atoms with van der Waals surface area (Å²) in [5.74, 6) is 2.08. The molecule has 1 saturated carbocycles. The first-order valence-corrected chi connectivity index (χ1v) is 9.89. The molecule has 140 valence electrons. The van der Waals surface area contributed by atoms with E-state index in [-0.39, 0.29) is 12.0 Å². The molecule has 0 spiro atoms. The molecule has 0 bridgehead atoms. The molecule has 3 saturated heterocycles. The van der Waals surface area contributed by atoms with Crippen molar-refractivity contribution in [3.63, 3.8) is 0 Å². The van der Waals surface area contributed by atoms with E-state index in [1.165, 1.54) is 5.56 Å². The van der Waals surface area contributed by atoms with Gasteiger partial charge in [-0.1, -0.05) is 0 Å². The van der Waals surface area contributed by atoms with Gasteiger partial charge in [-0.2, -0.15) is 0 Å². The SMILES string of the molecule is O=C(C1[C@H]2COC[C@@H]12)N1CC[C@@H]2CN(Cc3ccncc3)CCO[C@@H]2C1. The molecule has 1 aromatic rings. The van der Waals surface area contributed by atoms with Gasteiger partial charge in [0.1, 0.15) is 0 Å². The average Bonchev–Trinajstić information content (AvgIpc) is 3.23. The van der Waals surface area contributed by atoms with E-state index >= 15 is 0 Å². The van der Waals surface area contributed by atoms with Crippen molar-refractivity contribution in [2.45, 2.75) is 19.1 Å². The van der Waals surface area contributed by atoms with Crippen LogP contribution in [-0.2, 0) is 20.8 Å². The first kappa shape index (κ1) is 16.7. The summed E-state index contributed by atoms with van der Waals surface area (Å²) in [6.45, 7) is 6.90. The largest absolute Gasteiger partial charge is 0.381 e. The van der Waals surface area contributed by atoms with Gasteiger partial charge in [0.2, 0.25) is 5.91 Å². The van der Waals surface area contributed by atoms with Crippen LogP contribution < -0.4 is 0 Å². The Bertz CT molecular complexity index is 645. The molecule has 1 amide bonds. The molecular formula is C20H27N3O3. The molecule has 4 fully saturated rings. The minimum atomic E-state index is 0.185. The molecule has 0 aromatic carbocycles. The third-order valence-corrected chi connectivity index (χ3v) is 6.63. The second-order valence-corrected chi connectivity index (χ2v) is 8.22. The molecule has 0 radical (unpaired) electrons. The lowest BCUT2D eigenvalue weighted by Gasteiger charge is -2.38. The third kappa shape index (κ3) is 3.15. The van der Waals surface area contributed by atoms with Crippen molar-refractivity contribution in [1.29, 1.82) is 0 Å². The predicted molar refractivity (Wildman–Crippen MR) is 95.2 cm³/mol. The molecule has 1 unspecified atom stereocenters. The van der Waals surface area contributed by atoms with Gasteiger partial charge in [-0.15, -0.1) is 0 Å².